The van der Waals surface area contributed by atoms with E-state index >= 15 is 0 Å². The summed E-state index contributed by atoms with van der Waals surface area (Å²) in [4.78, 5) is 33.8. The molecule has 30 heavy (non-hydrogen) atoms. The Balaban J connectivity index is 1.50. The number of hydrogen-bond donors (Lipinski definition) is 1. The molecule has 1 amide bonds. The molecule has 0 spiro atoms. The van der Waals surface area contributed by atoms with E-state index in [1.165, 1.54) is 12.3 Å². The summed E-state index contributed by atoms with van der Waals surface area (Å²) in [6, 6.07) is 11.8. The number of rotatable bonds is 6. The van der Waals surface area contributed by atoms with Crippen LogP contribution >= 0.6 is 0 Å². The van der Waals surface area contributed by atoms with Crippen LogP contribution in [0.25, 0.3) is 11.4 Å². The van der Waals surface area contributed by atoms with Gasteiger partial charge < -0.3 is 19.3 Å². The molecule has 1 N–H and O–H groups in total. The van der Waals surface area contributed by atoms with E-state index < -0.39 is 5.97 Å². The Bertz CT molecular complexity index is 1040. The number of benzene rings is 1. The van der Waals surface area contributed by atoms with Gasteiger partial charge >= 0.3 is 5.97 Å². The predicted octanol–water partition coefficient (Wildman–Crippen LogP) is 2.96. The van der Waals surface area contributed by atoms with Gasteiger partial charge in [0.25, 0.3) is 5.91 Å². The molecule has 1 aliphatic heterocycles. The van der Waals surface area contributed by atoms with Gasteiger partial charge in [-0.2, -0.15) is 4.98 Å². The standard InChI is InChI=1S/C21H20N4O5/c26-18(13-29-15-6-2-1-3-7-15)25-11-5-4-8-17(25)20-23-19(24-30-20)14-9-10-22-16(12-14)21(27)28/h1-3,6-7,9-10,12,17H,4-5,8,11,13H2,(H,27,28). The first-order chi connectivity index (χ1) is 14.6. The maximum atomic E-state index is 12.8. The normalized spacial score (nSPS) is 16.3. The predicted molar refractivity (Wildman–Crippen MR) is 105 cm³/mol. The lowest BCUT2D eigenvalue weighted by molar-refractivity contribution is -0.138. The van der Waals surface area contributed by atoms with E-state index in [-0.39, 0.29) is 30.1 Å². The number of aromatic nitrogens is 3. The molecule has 2 aromatic heterocycles. The maximum Gasteiger partial charge on any atom is 0.354 e. The van der Waals surface area contributed by atoms with Crippen molar-refractivity contribution in [1.82, 2.24) is 20.0 Å². The van der Waals surface area contributed by atoms with E-state index in [4.69, 9.17) is 14.4 Å². The van der Waals surface area contributed by atoms with Crippen LogP contribution in [0, 0.1) is 0 Å². The largest absolute Gasteiger partial charge is 0.484 e. The Morgan fingerprint density at radius 2 is 2.03 bits per heavy atom. The number of carboxylic acid groups (broad SMARTS) is 1. The van der Waals surface area contributed by atoms with Gasteiger partial charge in [0.05, 0.1) is 0 Å². The summed E-state index contributed by atoms with van der Waals surface area (Å²) >= 11 is 0. The van der Waals surface area contributed by atoms with Crippen LogP contribution in [0.3, 0.4) is 0 Å². The highest BCUT2D eigenvalue weighted by Gasteiger charge is 2.32. The third kappa shape index (κ3) is 4.29. The van der Waals surface area contributed by atoms with Crippen molar-refractivity contribution in [3.8, 4) is 17.1 Å². The number of aromatic carboxylic acids is 1. The summed E-state index contributed by atoms with van der Waals surface area (Å²) in [6.07, 6.45) is 3.91. The average molecular weight is 408 g/mol. The van der Waals surface area contributed by atoms with Crippen molar-refractivity contribution in [3.05, 3.63) is 60.2 Å². The quantitative estimate of drug-likeness (QED) is 0.661. The van der Waals surface area contributed by atoms with E-state index in [0.29, 0.717) is 30.2 Å². The summed E-state index contributed by atoms with van der Waals surface area (Å²) in [5.41, 5.74) is 0.380. The number of ether oxygens (including phenoxy) is 1. The van der Waals surface area contributed by atoms with Crippen LogP contribution < -0.4 is 4.74 Å². The molecule has 0 radical (unpaired) electrons. The van der Waals surface area contributed by atoms with Gasteiger partial charge in [-0.3, -0.25) is 4.79 Å². The smallest absolute Gasteiger partial charge is 0.354 e. The molecule has 3 heterocycles. The van der Waals surface area contributed by atoms with Crippen LogP contribution in [0.1, 0.15) is 41.7 Å². The van der Waals surface area contributed by atoms with Crippen LogP contribution in [0.2, 0.25) is 0 Å². The van der Waals surface area contributed by atoms with Crippen LogP contribution in [0.15, 0.2) is 53.2 Å². The van der Waals surface area contributed by atoms with Crippen molar-refractivity contribution < 1.29 is 24.0 Å². The maximum absolute atomic E-state index is 12.8. The van der Waals surface area contributed by atoms with Crippen LogP contribution in [0.4, 0.5) is 0 Å². The summed E-state index contributed by atoms with van der Waals surface area (Å²) in [7, 11) is 0. The molecule has 4 rings (SSSR count). The molecule has 1 aromatic carbocycles. The number of carboxylic acids is 1. The molecule has 3 aromatic rings. The van der Waals surface area contributed by atoms with E-state index in [1.807, 2.05) is 18.2 Å². The zero-order chi connectivity index (χ0) is 20.9. The number of carbonyl (C=O) groups is 2. The number of piperidine rings is 1. The zero-order valence-electron chi connectivity index (χ0n) is 16.1. The van der Waals surface area contributed by atoms with Gasteiger partial charge in [0.15, 0.2) is 6.61 Å². The minimum Gasteiger partial charge on any atom is -0.484 e. The SMILES string of the molecule is O=C(O)c1cc(-c2noc(C3CCCCN3C(=O)COc3ccccc3)n2)ccn1. The van der Waals surface area contributed by atoms with Gasteiger partial charge in [0.2, 0.25) is 11.7 Å². The van der Waals surface area contributed by atoms with Gasteiger partial charge in [0, 0.05) is 18.3 Å². The molecule has 154 valence electrons. The number of nitrogens with zero attached hydrogens (tertiary/aromatic N) is 4. The number of amides is 1. The van der Waals surface area contributed by atoms with Crippen molar-refractivity contribution >= 4 is 11.9 Å². The Labute approximate surface area is 172 Å². The molecule has 1 unspecified atom stereocenters. The summed E-state index contributed by atoms with van der Waals surface area (Å²) in [5.74, 6) is -0.0744. The molecule has 1 fully saturated rings. The minimum atomic E-state index is -1.14. The lowest BCUT2D eigenvalue weighted by Crippen LogP contribution is -2.41. The van der Waals surface area contributed by atoms with Crippen molar-refractivity contribution in [3.63, 3.8) is 0 Å². The third-order valence-electron chi connectivity index (χ3n) is 4.89. The molecular weight excluding hydrogens is 388 g/mol. The second-order valence-electron chi connectivity index (χ2n) is 6.89. The van der Waals surface area contributed by atoms with Gasteiger partial charge in [-0.1, -0.05) is 23.4 Å². The monoisotopic (exact) mass is 408 g/mol. The molecule has 9 heteroatoms. The Morgan fingerprint density at radius 3 is 2.83 bits per heavy atom. The summed E-state index contributed by atoms with van der Waals surface area (Å²) in [6.45, 7) is 0.506. The van der Waals surface area contributed by atoms with E-state index in [0.717, 1.165) is 12.8 Å². The molecule has 1 aliphatic rings. The highest BCUT2D eigenvalue weighted by molar-refractivity contribution is 5.86. The number of hydrogen-bond acceptors (Lipinski definition) is 7. The van der Waals surface area contributed by atoms with E-state index in [9.17, 15) is 9.59 Å². The minimum absolute atomic E-state index is 0.0756. The lowest BCUT2D eigenvalue weighted by Gasteiger charge is -2.33. The van der Waals surface area contributed by atoms with E-state index in [1.54, 1.807) is 23.1 Å². The Morgan fingerprint density at radius 1 is 1.20 bits per heavy atom. The summed E-state index contributed by atoms with van der Waals surface area (Å²) in [5, 5.41) is 13.1. The van der Waals surface area contributed by atoms with Gasteiger partial charge in [-0.25, -0.2) is 9.78 Å². The fourth-order valence-corrected chi connectivity index (χ4v) is 3.41. The molecule has 0 aliphatic carbocycles. The molecule has 9 nitrogen and oxygen atoms in total. The van der Waals surface area contributed by atoms with Crippen molar-refractivity contribution in [2.24, 2.45) is 0 Å². The molecule has 0 bridgehead atoms. The molecule has 0 saturated carbocycles. The lowest BCUT2D eigenvalue weighted by atomic mass is 10.0. The fourth-order valence-electron chi connectivity index (χ4n) is 3.41. The van der Waals surface area contributed by atoms with Crippen LogP contribution in [-0.2, 0) is 4.79 Å². The first-order valence-corrected chi connectivity index (χ1v) is 9.62. The van der Waals surface area contributed by atoms with Crippen molar-refractivity contribution in [2.45, 2.75) is 25.3 Å². The van der Waals surface area contributed by atoms with Gasteiger partial charge in [-0.15, -0.1) is 0 Å². The van der Waals surface area contributed by atoms with E-state index in [2.05, 4.69) is 15.1 Å². The van der Waals surface area contributed by atoms with Crippen molar-refractivity contribution in [2.75, 3.05) is 13.2 Å². The highest BCUT2D eigenvalue weighted by atomic mass is 16.5. The topological polar surface area (TPSA) is 119 Å². The first kappa shape index (κ1) is 19.6. The average Bonchev–Trinajstić information content (AvgIpc) is 3.28. The molecular formula is C21H20N4O5. The fraction of sp³-hybridized carbons (Fsp3) is 0.286. The second-order valence-corrected chi connectivity index (χ2v) is 6.89. The number of carbonyl (C=O) groups excluding carboxylic acids is 1. The number of likely N-dealkylation sites (tertiary alicyclic amines) is 1. The zero-order valence-corrected chi connectivity index (χ0v) is 16.1. The molecule has 1 atom stereocenters. The van der Waals surface area contributed by atoms with Crippen molar-refractivity contribution in [1.29, 1.82) is 0 Å². The number of para-hydroxylation sites is 1. The highest BCUT2D eigenvalue weighted by Crippen LogP contribution is 2.31. The third-order valence-corrected chi connectivity index (χ3v) is 4.89. The van der Waals surface area contributed by atoms with Gasteiger partial charge in [0.1, 0.15) is 17.5 Å². The first-order valence-electron chi connectivity index (χ1n) is 9.62. The number of pyridine rings is 1. The van der Waals surface area contributed by atoms with Crippen LogP contribution in [-0.4, -0.2) is 50.2 Å². The molecule has 1 saturated heterocycles. The Kier molecular flexibility index (Phi) is 5.69. The second kappa shape index (κ2) is 8.73. The van der Waals surface area contributed by atoms with Crippen LogP contribution in [0.5, 0.6) is 5.75 Å². The summed E-state index contributed by atoms with van der Waals surface area (Å²) < 4.78 is 11.0. The van der Waals surface area contributed by atoms with Gasteiger partial charge in [-0.05, 0) is 43.5 Å². The Hall–Kier alpha value is -3.75.